The van der Waals surface area contributed by atoms with Crippen molar-refractivity contribution in [2.45, 2.75) is 40.0 Å². The molecule has 0 amide bonds. The smallest absolute Gasteiger partial charge is 0.336 e. The van der Waals surface area contributed by atoms with Crippen LogP contribution < -0.4 is 5.32 Å². The minimum absolute atomic E-state index is 0.161. The molecule has 1 aliphatic carbocycles. The predicted octanol–water partition coefficient (Wildman–Crippen LogP) is 3.39. The highest BCUT2D eigenvalue weighted by atomic mass is 19.1. The lowest BCUT2D eigenvalue weighted by Crippen LogP contribution is -2.43. The number of carbonyl (C=O) groups is 3. The van der Waals surface area contributed by atoms with Crippen LogP contribution in [-0.4, -0.2) is 30.9 Å². The van der Waals surface area contributed by atoms with E-state index in [1.54, 1.807) is 26.8 Å². The zero-order valence-corrected chi connectivity index (χ0v) is 17.6. The van der Waals surface area contributed by atoms with Crippen LogP contribution in [0.1, 0.15) is 45.6 Å². The van der Waals surface area contributed by atoms with Gasteiger partial charge in [-0.05, 0) is 50.8 Å². The van der Waals surface area contributed by atoms with E-state index >= 15 is 0 Å². The standard InChI is InChI=1S/C23H26FNO5/c1-5-29-22(27)17-12(3)10-16-20(21(17)26)19(14-8-7-9-15(24)11-14)18(13(4)25-16)23(28)30-6-2/h7-9,11-12,17,19,25H,5-6,10H2,1-4H3/t12-,17+,19+/m0/s1. The normalized spacial score (nSPS) is 23.6. The van der Waals surface area contributed by atoms with E-state index < -0.39 is 35.4 Å². The fourth-order valence-electron chi connectivity index (χ4n) is 4.28. The summed E-state index contributed by atoms with van der Waals surface area (Å²) in [6, 6.07) is 5.80. The van der Waals surface area contributed by atoms with E-state index in [1.807, 2.05) is 6.92 Å². The van der Waals surface area contributed by atoms with Crippen LogP contribution in [0, 0.1) is 17.7 Å². The van der Waals surface area contributed by atoms with E-state index in [2.05, 4.69) is 5.32 Å². The second kappa shape index (κ2) is 8.81. The summed E-state index contributed by atoms with van der Waals surface area (Å²) in [6.45, 7) is 7.25. The molecule has 1 N–H and O–H groups in total. The van der Waals surface area contributed by atoms with Gasteiger partial charge in [0.15, 0.2) is 5.78 Å². The Balaban J connectivity index is 2.17. The summed E-state index contributed by atoms with van der Waals surface area (Å²) >= 11 is 0. The van der Waals surface area contributed by atoms with Gasteiger partial charge in [-0.2, -0.15) is 0 Å². The lowest BCUT2D eigenvalue weighted by Gasteiger charge is -2.38. The first kappa shape index (κ1) is 21.7. The Labute approximate surface area is 175 Å². The van der Waals surface area contributed by atoms with Crippen molar-refractivity contribution in [2.75, 3.05) is 13.2 Å². The summed E-state index contributed by atoms with van der Waals surface area (Å²) in [7, 11) is 0. The number of dihydropyridines is 1. The van der Waals surface area contributed by atoms with Gasteiger partial charge in [-0.15, -0.1) is 0 Å². The highest BCUT2D eigenvalue weighted by molar-refractivity contribution is 6.12. The van der Waals surface area contributed by atoms with E-state index in [9.17, 15) is 18.8 Å². The Kier molecular flexibility index (Phi) is 6.39. The van der Waals surface area contributed by atoms with E-state index in [0.29, 0.717) is 29.0 Å². The van der Waals surface area contributed by atoms with Crippen LogP contribution in [0.4, 0.5) is 4.39 Å². The van der Waals surface area contributed by atoms with Gasteiger partial charge in [0.1, 0.15) is 11.7 Å². The van der Waals surface area contributed by atoms with E-state index in [0.717, 1.165) is 0 Å². The Morgan fingerprint density at radius 3 is 2.53 bits per heavy atom. The van der Waals surface area contributed by atoms with Gasteiger partial charge in [-0.1, -0.05) is 19.1 Å². The molecule has 7 heteroatoms. The van der Waals surface area contributed by atoms with Crippen LogP contribution >= 0.6 is 0 Å². The number of hydrogen-bond acceptors (Lipinski definition) is 6. The first-order valence-corrected chi connectivity index (χ1v) is 10.1. The number of rotatable bonds is 5. The number of allylic oxidation sites excluding steroid dienone is 3. The van der Waals surface area contributed by atoms with Gasteiger partial charge in [-0.25, -0.2) is 9.18 Å². The zero-order chi connectivity index (χ0) is 22.0. The summed E-state index contributed by atoms with van der Waals surface area (Å²) in [5, 5.41) is 3.17. The molecule has 0 aromatic heterocycles. The second-order valence-electron chi connectivity index (χ2n) is 7.54. The molecule has 0 radical (unpaired) electrons. The topological polar surface area (TPSA) is 81.7 Å². The molecule has 2 aliphatic rings. The van der Waals surface area contributed by atoms with Gasteiger partial charge in [0, 0.05) is 22.9 Å². The summed E-state index contributed by atoms with van der Waals surface area (Å²) in [4.78, 5) is 38.8. The minimum Gasteiger partial charge on any atom is -0.465 e. The monoisotopic (exact) mass is 415 g/mol. The molecule has 0 saturated carbocycles. The Hall–Kier alpha value is -2.96. The SMILES string of the molecule is CCOC(=O)C1=C(C)NC2=C(C(=O)[C@H](C(=O)OCC)[C@@H](C)C2)[C@@H]1c1cccc(F)c1. The molecule has 3 atom stereocenters. The maximum absolute atomic E-state index is 14.1. The van der Waals surface area contributed by atoms with Gasteiger partial charge in [0.2, 0.25) is 0 Å². The zero-order valence-electron chi connectivity index (χ0n) is 17.6. The molecular weight excluding hydrogens is 389 g/mol. The van der Waals surface area contributed by atoms with Gasteiger partial charge < -0.3 is 14.8 Å². The average molecular weight is 415 g/mol. The van der Waals surface area contributed by atoms with Crippen molar-refractivity contribution >= 4 is 17.7 Å². The molecule has 3 rings (SSSR count). The van der Waals surface area contributed by atoms with Crippen molar-refractivity contribution in [1.82, 2.24) is 5.32 Å². The first-order valence-electron chi connectivity index (χ1n) is 10.1. The van der Waals surface area contributed by atoms with Crippen LogP contribution in [0.2, 0.25) is 0 Å². The molecule has 1 aliphatic heterocycles. The summed E-state index contributed by atoms with van der Waals surface area (Å²) in [5.74, 6) is -4.11. The van der Waals surface area contributed by atoms with E-state index in [-0.39, 0.29) is 24.7 Å². The maximum Gasteiger partial charge on any atom is 0.336 e. The Morgan fingerprint density at radius 1 is 1.20 bits per heavy atom. The maximum atomic E-state index is 14.1. The fourth-order valence-corrected chi connectivity index (χ4v) is 4.28. The number of ether oxygens (including phenoxy) is 2. The first-order chi connectivity index (χ1) is 14.3. The van der Waals surface area contributed by atoms with Crippen molar-refractivity contribution in [2.24, 2.45) is 11.8 Å². The van der Waals surface area contributed by atoms with Crippen molar-refractivity contribution in [3.63, 3.8) is 0 Å². The lowest BCUT2D eigenvalue weighted by molar-refractivity contribution is -0.153. The number of halogens is 1. The molecule has 0 spiro atoms. The Bertz CT molecular complexity index is 949. The third-order valence-electron chi connectivity index (χ3n) is 5.51. The number of benzene rings is 1. The molecule has 1 heterocycles. The summed E-state index contributed by atoms with van der Waals surface area (Å²) in [6.07, 6.45) is 0.434. The van der Waals surface area contributed by atoms with E-state index in [1.165, 1.54) is 18.2 Å². The van der Waals surface area contributed by atoms with Gasteiger partial charge in [0.25, 0.3) is 0 Å². The van der Waals surface area contributed by atoms with Gasteiger partial charge in [0.05, 0.1) is 18.8 Å². The summed E-state index contributed by atoms with van der Waals surface area (Å²) < 4.78 is 24.4. The minimum atomic E-state index is -0.969. The quantitative estimate of drug-likeness (QED) is 0.586. The molecule has 30 heavy (non-hydrogen) atoms. The van der Waals surface area contributed by atoms with Gasteiger partial charge in [-0.3, -0.25) is 9.59 Å². The molecule has 0 fully saturated rings. The lowest BCUT2D eigenvalue weighted by atomic mass is 9.69. The molecule has 0 unspecified atom stereocenters. The van der Waals surface area contributed by atoms with Crippen molar-refractivity contribution < 1.29 is 28.2 Å². The van der Waals surface area contributed by atoms with Crippen LogP contribution in [0.3, 0.4) is 0 Å². The molecular formula is C23H26FNO5. The number of carbonyl (C=O) groups excluding carboxylic acids is 3. The number of hydrogen-bond donors (Lipinski definition) is 1. The molecule has 160 valence electrons. The number of Topliss-reactive ketones (excluding diaryl/α,β-unsaturated/α-hetero) is 1. The fraction of sp³-hybridized carbons (Fsp3) is 0.435. The highest BCUT2D eigenvalue weighted by Crippen LogP contribution is 2.45. The predicted molar refractivity (Wildman–Crippen MR) is 108 cm³/mol. The third-order valence-corrected chi connectivity index (χ3v) is 5.51. The van der Waals surface area contributed by atoms with Crippen molar-refractivity contribution in [1.29, 1.82) is 0 Å². The molecule has 6 nitrogen and oxygen atoms in total. The highest BCUT2D eigenvalue weighted by Gasteiger charge is 2.47. The number of ketones is 1. The third kappa shape index (κ3) is 3.88. The van der Waals surface area contributed by atoms with Crippen molar-refractivity contribution in [3.8, 4) is 0 Å². The van der Waals surface area contributed by atoms with Crippen LogP contribution in [0.15, 0.2) is 46.8 Å². The van der Waals surface area contributed by atoms with Crippen LogP contribution in [-0.2, 0) is 23.9 Å². The molecule has 1 aromatic rings. The number of esters is 2. The Morgan fingerprint density at radius 2 is 1.90 bits per heavy atom. The largest absolute Gasteiger partial charge is 0.465 e. The van der Waals surface area contributed by atoms with Gasteiger partial charge >= 0.3 is 11.9 Å². The molecule has 0 bridgehead atoms. The van der Waals surface area contributed by atoms with E-state index in [4.69, 9.17) is 9.47 Å². The number of nitrogens with one attached hydrogen (secondary N) is 1. The van der Waals surface area contributed by atoms with Crippen molar-refractivity contribution in [3.05, 3.63) is 58.2 Å². The molecule has 1 aromatic carbocycles. The van der Waals surface area contributed by atoms with Crippen LogP contribution in [0.25, 0.3) is 0 Å². The summed E-state index contributed by atoms with van der Waals surface area (Å²) in [5.41, 5.74) is 2.19. The average Bonchev–Trinajstić information content (AvgIpc) is 2.67. The van der Waals surface area contributed by atoms with Crippen LogP contribution in [0.5, 0.6) is 0 Å². The second-order valence-corrected chi connectivity index (χ2v) is 7.54. The molecule has 0 saturated heterocycles.